The van der Waals surface area contributed by atoms with Crippen LogP contribution < -0.4 is 0 Å². The Morgan fingerprint density at radius 3 is 2.10 bits per heavy atom. The maximum atomic E-state index is 14.6. The number of fused-ring (bicyclic) bond motifs is 1. The molecule has 0 radical (unpaired) electrons. The summed E-state index contributed by atoms with van der Waals surface area (Å²) in [6.07, 6.45) is 0. The van der Waals surface area contributed by atoms with Gasteiger partial charge in [0.05, 0.1) is 34.8 Å². The molecule has 0 N–H and O–H groups in total. The van der Waals surface area contributed by atoms with Crippen LogP contribution in [0.3, 0.4) is 0 Å². The van der Waals surface area contributed by atoms with E-state index >= 15 is 0 Å². The summed E-state index contributed by atoms with van der Waals surface area (Å²) in [5.74, 6) is -3.28. The third kappa shape index (κ3) is 3.51. The fourth-order valence-corrected chi connectivity index (χ4v) is 3.42. The number of thiocarbonyl (C=S) groups is 1. The quantitative estimate of drug-likeness (QED) is 0.225. The summed E-state index contributed by atoms with van der Waals surface area (Å²) < 4.78 is 59.2. The van der Waals surface area contributed by atoms with Crippen LogP contribution in [0, 0.1) is 23.3 Å². The van der Waals surface area contributed by atoms with E-state index in [4.69, 9.17) is 0 Å². The molecule has 0 aliphatic heterocycles. The Labute approximate surface area is 174 Å². The minimum absolute atomic E-state index is 0.0814. The third-order valence-corrected chi connectivity index (χ3v) is 4.87. The number of halogens is 4. The normalized spacial score (nSPS) is 10.9. The number of imidazole rings is 1. The second-order valence-corrected chi connectivity index (χ2v) is 6.69. The average Bonchev–Trinajstić information content (AvgIpc) is 3.08. The van der Waals surface area contributed by atoms with Gasteiger partial charge in [-0.05, 0) is 42.5 Å². The second kappa shape index (κ2) is 8.18. The molecule has 0 amide bonds. The van der Waals surface area contributed by atoms with Crippen LogP contribution in [0.15, 0.2) is 59.6 Å². The molecule has 4 aromatic rings. The number of aliphatic imine (C=N–C) groups is 1. The summed E-state index contributed by atoms with van der Waals surface area (Å²) in [5.41, 5.74) is 0.871. The molecule has 1 heterocycles. The number of hydrogen-bond donors (Lipinski definition) is 0. The van der Waals surface area contributed by atoms with Crippen molar-refractivity contribution >= 4 is 28.4 Å². The number of nitrogens with zero attached hydrogens (tertiary/aromatic N) is 3. The summed E-state index contributed by atoms with van der Waals surface area (Å²) in [6, 6.07) is 12.0. The summed E-state index contributed by atoms with van der Waals surface area (Å²) in [4.78, 5) is 8.33. The van der Waals surface area contributed by atoms with Gasteiger partial charge in [0.25, 0.3) is 0 Å². The highest BCUT2D eigenvalue weighted by Crippen LogP contribution is 2.32. The van der Waals surface area contributed by atoms with E-state index in [-0.39, 0.29) is 30.0 Å². The third-order valence-electron chi connectivity index (χ3n) is 4.74. The predicted octanol–water partition coefficient (Wildman–Crippen LogP) is 5.91. The summed E-state index contributed by atoms with van der Waals surface area (Å²) in [6.45, 7) is -0.150. The van der Waals surface area contributed by atoms with Crippen LogP contribution in [-0.4, -0.2) is 14.7 Å². The first-order valence-electron chi connectivity index (χ1n) is 8.90. The Balaban J connectivity index is 2.02. The lowest BCUT2D eigenvalue weighted by atomic mass is 10.1. The van der Waals surface area contributed by atoms with Gasteiger partial charge in [0.2, 0.25) is 0 Å². The Morgan fingerprint density at radius 2 is 1.47 bits per heavy atom. The van der Waals surface area contributed by atoms with Crippen molar-refractivity contribution in [1.82, 2.24) is 9.55 Å². The van der Waals surface area contributed by atoms with Crippen molar-refractivity contribution in [1.29, 1.82) is 0 Å². The molecule has 3 nitrogen and oxygen atoms in total. The van der Waals surface area contributed by atoms with Crippen LogP contribution in [-0.2, 0) is 13.1 Å². The van der Waals surface area contributed by atoms with Crippen molar-refractivity contribution in [3.05, 3.63) is 89.0 Å². The van der Waals surface area contributed by atoms with Crippen molar-refractivity contribution in [3.8, 4) is 11.4 Å². The summed E-state index contributed by atoms with van der Waals surface area (Å²) >= 11 is 4.61. The van der Waals surface area contributed by atoms with Crippen molar-refractivity contribution in [2.75, 3.05) is 0 Å². The van der Waals surface area contributed by atoms with E-state index in [1.165, 1.54) is 16.7 Å². The number of para-hydroxylation sites is 1. The van der Waals surface area contributed by atoms with Gasteiger partial charge in [0, 0.05) is 11.1 Å². The standard InChI is InChI=1S/C22H13F4N3S/c23-15-5-2-6-16(24)14(15)11-29-19-9-1-4-13(10-27-12-30)21(19)28-22(29)20-17(25)7-3-8-18(20)26/h1-9H,10-11H2. The van der Waals surface area contributed by atoms with Crippen LogP contribution in [0.2, 0.25) is 0 Å². The van der Waals surface area contributed by atoms with Crippen LogP contribution in [0.25, 0.3) is 22.4 Å². The molecule has 150 valence electrons. The van der Waals surface area contributed by atoms with E-state index in [0.29, 0.717) is 16.6 Å². The molecule has 0 saturated carbocycles. The van der Waals surface area contributed by atoms with Crippen LogP contribution in [0.4, 0.5) is 17.6 Å². The molecule has 3 aromatic carbocycles. The monoisotopic (exact) mass is 427 g/mol. The van der Waals surface area contributed by atoms with Gasteiger partial charge in [-0.3, -0.25) is 0 Å². The highest BCUT2D eigenvalue weighted by Gasteiger charge is 2.22. The Kier molecular flexibility index (Phi) is 5.44. The second-order valence-electron chi connectivity index (χ2n) is 6.51. The van der Waals surface area contributed by atoms with Gasteiger partial charge in [-0.2, -0.15) is 0 Å². The number of rotatable bonds is 5. The van der Waals surface area contributed by atoms with Gasteiger partial charge in [0.15, 0.2) is 0 Å². The highest BCUT2D eigenvalue weighted by molar-refractivity contribution is 7.78. The fourth-order valence-electron chi connectivity index (χ4n) is 3.35. The summed E-state index contributed by atoms with van der Waals surface area (Å²) in [7, 11) is 0. The van der Waals surface area contributed by atoms with E-state index in [1.54, 1.807) is 18.2 Å². The van der Waals surface area contributed by atoms with Crippen LogP contribution in [0.5, 0.6) is 0 Å². The zero-order valence-corrected chi connectivity index (χ0v) is 16.2. The zero-order chi connectivity index (χ0) is 21.3. The van der Waals surface area contributed by atoms with E-state index in [9.17, 15) is 17.6 Å². The lowest BCUT2D eigenvalue weighted by Crippen LogP contribution is -2.08. The first kappa shape index (κ1) is 19.9. The van der Waals surface area contributed by atoms with Crippen LogP contribution >= 0.6 is 12.2 Å². The van der Waals surface area contributed by atoms with Gasteiger partial charge in [-0.25, -0.2) is 27.5 Å². The van der Waals surface area contributed by atoms with Gasteiger partial charge in [-0.15, -0.1) is 0 Å². The van der Waals surface area contributed by atoms with E-state index in [0.717, 1.165) is 24.3 Å². The smallest absolute Gasteiger partial charge is 0.147 e. The molecule has 0 aliphatic rings. The van der Waals surface area contributed by atoms with Gasteiger partial charge >= 0.3 is 0 Å². The number of isothiocyanates is 1. The van der Waals surface area contributed by atoms with Gasteiger partial charge in [-0.1, -0.05) is 24.3 Å². The molecular formula is C22H13F4N3S. The highest BCUT2D eigenvalue weighted by atomic mass is 32.1. The molecule has 30 heavy (non-hydrogen) atoms. The number of hydrogen-bond acceptors (Lipinski definition) is 3. The molecule has 0 bridgehead atoms. The molecule has 0 unspecified atom stereocenters. The molecule has 0 saturated heterocycles. The molecule has 0 spiro atoms. The van der Waals surface area contributed by atoms with Gasteiger partial charge in [0.1, 0.15) is 29.1 Å². The van der Waals surface area contributed by atoms with E-state index in [2.05, 4.69) is 27.4 Å². The van der Waals surface area contributed by atoms with Crippen LogP contribution in [0.1, 0.15) is 11.1 Å². The largest absolute Gasteiger partial charge is 0.319 e. The van der Waals surface area contributed by atoms with Crippen molar-refractivity contribution in [2.45, 2.75) is 13.1 Å². The lowest BCUT2D eigenvalue weighted by molar-refractivity contribution is 0.546. The van der Waals surface area contributed by atoms with Crippen molar-refractivity contribution < 1.29 is 17.6 Å². The Bertz CT molecular complexity index is 1270. The molecule has 4 rings (SSSR count). The molecule has 0 aliphatic carbocycles. The first-order valence-corrected chi connectivity index (χ1v) is 9.31. The molecule has 0 atom stereocenters. The number of aromatic nitrogens is 2. The average molecular weight is 427 g/mol. The lowest BCUT2D eigenvalue weighted by Gasteiger charge is -2.12. The minimum Gasteiger partial charge on any atom is -0.319 e. The SMILES string of the molecule is Fc1cccc(F)c1Cn1c(-c2c(F)cccc2F)nc2c(CN=C=S)cccc21. The fraction of sp³-hybridized carbons (Fsp3) is 0.0909. The summed E-state index contributed by atoms with van der Waals surface area (Å²) in [5, 5.41) is 2.26. The molecule has 0 fully saturated rings. The minimum atomic E-state index is -0.834. The first-order chi connectivity index (χ1) is 14.5. The predicted molar refractivity (Wildman–Crippen MR) is 109 cm³/mol. The van der Waals surface area contributed by atoms with E-state index < -0.39 is 23.3 Å². The van der Waals surface area contributed by atoms with Crippen molar-refractivity contribution in [2.24, 2.45) is 4.99 Å². The number of benzene rings is 3. The molecular weight excluding hydrogens is 414 g/mol. The Morgan fingerprint density at radius 1 is 0.867 bits per heavy atom. The molecule has 8 heteroatoms. The van der Waals surface area contributed by atoms with Crippen molar-refractivity contribution in [3.63, 3.8) is 0 Å². The van der Waals surface area contributed by atoms with E-state index in [1.807, 2.05) is 0 Å². The zero-order valence-electron chi connectivity index (χ0n) is 15.4. The van der Waals surface area contributed by atoms with Gasteiger partial charge < -0.3 is 4.57 Å². The maximum Gasteiger partial charge on any atom is 0.147 e. The Hall–Kier alpha value is -3.35. The topological polar surface area (TPSA) is 30.2 Å². The molecule has 1 aromatic heterocycles. The maximum absolute atomic E-state index is 14.6.